The van der Waals surface area contributed by atoms with E-state index in [0.717, 1.165) is 31.7 Å². The van der Waals surface area contributed by atoms with Crippen molar-refractivity contribution >= 4 is 68.4 Å². The molecule has 9 rings (SSSR count). The van der Waals surface area contributed by atoms with Gasteiger partial charge in [0.15, 0.2) is 0 Å². The van der Waals surface area contributed by atoms with Crippen molar-refractivity contribution in [3.05, 3.63) is 106 Å². The number of likely N-dealkylation sites (tertiary alicyclic amines) is 1. The molecule has 2 aliphatic heterocycles. The Labute approximate surface area is 348 Å². The molecule has 59 heavy (non-hydrogen) atoms. The summed E-state index contributed by atoms with van der Waals surface area (Å²) in [5.74, 6) is -5.97. The molecule has 2 saturated heterocycles. The number of hydrogen-bond acceptors (Lipinski definition) is 9. The van der Waals surface area contributed by atoms with E-state index in [0.29, 0.717) is 27.8 Å². The molecular weight excluding hydrogens is 792 g/mol. The van der Waals surface area contributed by atoms with Gasteiger partial charge in [0.05, 0.1) is 28.0 Å². The van der Waals surface area contributed by atoms with E-state index in [2.05, 4.69) is 0 Å². The lowest BCUT2D eigenvalue weighted by Gasteiger charge is -2.49. The van der Waals surface area contributed by atoms with Crippen molar-refractivity contribution in [1.29, 1.82) is 0 Å². The van der Waals surface area contributed by atoms with Gasteiger partial charge in [0.25, 0.3) is 0 Å². The number of benzene rings is 3. The molecule has 4 amide bonds. The molecule has 6 atom stereocenters. The second kappa shape index (κ2) is 14.5. The van der Waals surface area contributed by atoms with Crippen LogP contribution >= 0.6 is 22.9 Å². The molecule has 0 spiro atoms. The first-order chi connectivity index (χ1) is 28.3. The fraction of sp³-hybridized carbons (Fsp3) is 0.333. The summed E-state index contributed by atoms with van der Waals surface area (Å²) in [6.45, 7) is 4.00. The van der Waals surface area contributed by atoms with E-state index in [1.807, 2.05) is 61.5 Å². The zero-order valence-corrected chi connectivity index (χ0v) is 34.1. The minimum absolute atomic E-state index is 0.0187. The highest BCUT2D eigenvalue weighted by atomic mass is 35.5. The number of nitrogens with zero attached hydrogens (tertiary/aromatic N) is 4. The van der Waals surface area contributed by atoms with Crippen molar-refractivity contribution in [1.82, 2.24) is 14.7 Å². The number of phenolic OH excluding ortho intramolecular Hbond substituents is 1. The quantitative estimate of drug-likeness (QED) is 0.107. The average Bonchev–Trinajstić information content (AvgIpc) is 3.88. The summed E-state index contributed by atoms with van der Waals surface area (Å²) in [5.41, 5.74) is 2.23. The van der Waals surface area contributed by atoms with Gasteiger partial charge in [-0.05, 0) is 79.8 Å². The van der Waals surface area contributed by atoms with Gasteiger partial charge in [-0.3, -0.25) is 33.6 Å². The SMILES string of the molecule is Cc1c(-c2cc(N3C(=O)[C@@H]4C[C@@H]5C(=CC[C@@H]6C(=O)N(CCCC(=O)O)C(=O)[C@@H]65)[C@H](c5ccc(OCc6ccccc6)cc5O)[C@]4(C)C3=O)n(C)n2)sc2ccc(Cl)cc12. The van der Waals surface area contributed by atoms with Crippen molar-refractivity contribution in [2.75, 3.05) is 11.4 Å². The molecule has 0 unspecified atom stereocenters. The number of aromatic hydroxyl groups is 1. The average molecular weight is 833 g/mol. The van der Waals surface area contributed by atoms with Crippen LogP contribution in [0.4, 0.5) is 5.82 Å². The molecule has 1 saturated carbocycles. The third-order valence-electron chi connectivity index (χ3n) is 12.9. The van der Waals surface area contributed by atoms with Crippen molar-refractivity contribution in [3.8, 4) is 22.1 Å². The fourth-order valence-electron chi connectivity index (χ4n) is 10.1. The third-order valence-corrected chi connectivity index (χ3v) is 14.4. The lowest BCUT2D eigenvalue weighted by molar-refractivity contribution is -0.142. The van der Waals surface area contributed by atoms with Crippen LogP contribution in [0.1, 0.15) is 55.2 Å². The van der Waals surface area contributed by atoms with Crippen LogP contribution in [-0.4, -0.2) is 61.0 Å². The van der Waals surface area contributed by atoms with Gasteiger partial charge in [-0.2, -0.15) is 5.10 Å². The number of halogens is 1. The smallest absolute Gasteiger partial charge is 0.303 e. The lowest BCUT2D eigenvalue weighted by Crippen LogP contribution is -2.49. The summed E-state index contributed by atoms with van der Waals surface area (Å²) in [4.78, 5) is 72.6. The largest absolute Gasteiger partial charge is 0.508 e. The molecule has 4 aliphatic rings. The maximum atomic E-state index is 15.2. The molecule has 3 aromatic carbocycles. The number of aryl methyl sites for hydroxylation is 2. The number of phenols is 1. The van der Waals surface area contributed by atoms with Crippen LogP contribution in [0.25, 0.3) is 20.7 Å². The van der Waals surface area contributed by atoms with Gasteiger partial charge in [-0.25, -0.2) is 4.90 Å². The number of carboxylic acid groups (broad SMARTS) is 1. The number of ether oxygens (including phenoxy) is 1. The Bertz CT molecular complexity index is 2640. The predicted molar refractivity (Wildman–Crippen MR) is 221 cm³/mol. The fourth-order valence-corrected chi connectivity index (χ4v) is 11.4. The molecule has 14 heteroatoms. The number of amides is 4. The lowest BCUT2D eigenvalue weighted by atomic mass is 9.51. The monoisotopic (exact) mass is 832 g/mol. The Balaban J connectivity index is 1.11. The van der Waals surface area contributed by atoms with Crippen LogP contribution in [0.2, 0.25) is 5.02 Å². The predicted octanol–water partition coefficient (Wildman–Crippen LogP) is 7.64. The van der Waals surface area contributed by atoms with Gasteiger partial charge in [0.2, 0.25) is 23.6 Å². The normalized spacial score (nSPS) is 25.0. The molecular formula is C45H41ClN4O8S. The van der Waals surface area contributed by atoms with E-state index in [1.54, 1.807) is 43.5 Å². The minimum atomic E-state index is -1.41. The van der Waals surface area contributed by atoms with Gasteiger partial charge < -0.3 is 14.9 Å². The summed E-state index contributed by atoms with van der Waals surface area (Å²) >= 11 is 7.87. The number of imide groups is 2. The van der Waals surface area contributed by atoms with Crippen LogP contribution in [-0.2, 0) is 37.6 Å². The number of allylic oxidation sites excluding steroid dienone is 2. The van der Waals surface area contributed by atoms with E-state index in [-0.39, 0.29) is 50.5 Å². The minimum Gasteiger partial charge on any atom is -0.508 e. The summed E-state index contributed by atoms with van der Waals surface area (Å²) in [6, 6.07) is 22.0. The second-order valence-corrected chi connectivity index (χ2v) is 17.7. The number of carbonyl (C=O) groups is 5. The Morgan fingerprint density at radius 3 is 2.53 bits per heavy atom. The molecule has 302 valence electrons. The maximum absolute atomic E-state index is 15.2. The molecule has 3 fully saturated rings. The molecule has 0 bridgehead atoms. The number of aliphatic carboxylic acids is 1. The number of rotatable bonds is 10. The van der Waals surface area contributed by atoms with Crippen LogP contribution in [0.15, 0.2) is 84.4 Å². The zero-order valence-electron chi connectivity index (χ0n) is 32.6. The van der Waals surface area contributed by atoms with E-state index >= 15 is 4.79 Å². The molecule has 4 heterocycles. The van der Waals surface area contributed by atoms with Crippen molar-refractivity contribution in [3.63, 3.8) is 0 Å². The standard InChI is InChI=1S/C45H41ClN4O8S/c1-23-30-18-25(46)11-16-35(30)59-40(23)33-21-36(48(3)47-33)50-42(55)32-20-31-27(14-15-29-38(31)43(56)49(41(29)54)17-7-10-37(52)53)39(45(32,2)44(50)57)28-13-12-26(19-34(28)51)58-22-24-8-5-4-6-9-24/h4-6,8-9,11-14,16,18-19,21,29,31-32,38-39,51H,7,10,15,17,20,22H2,1-3H3,(H,52,53)/t29-,31+,32-,38-,39+,45+/m0/s1. The summed E-state index contributed by atoms with van der Waals surface area (Å²) in [6.07, 6.45) is 2.20. The van der Waals surface area contributed by atoms with Crippen LogP contribution in [0, 0.1) is 36.0 Å². The first-order valence-corrected chi connectivity index (χ1v) is 20.8. The first-order valence-electron chi connectivity index (χ1n) is 19.7. The number of hydrogen-bond donors (Lipinski definition) is 2. The molecule has 2 aromatic heterocycles. The van der Waals surface area contributed by atoms with E-state index in [1.165, 1.54) is 20.5 Å². The highest BCUT2D eigenvalue weighted by Crippen LogP contribution is 2.64. The van der Waals surface area contributed by atoms with Crippen molar-refractivity contribution < 1.29 is 38.9 Å². The van der Waals surface area contributed by atoms with Gasteiger partial charge in [-0.1, -0.05) is 59.6 Å². The highest BCUT2D eigenvalue weighted by Gasteiger charge is 2.68. The molecule has 12 nitrogen and oxygen atoms in total. The number of carbonyl (C=O) groups excluding carboxylic acids is 4. The van der Waals surface area contributed by atoms with Gasteiger partial charge in [0, 0.05) is 53.3 Å². The van der Waals surface area contributed by atoms with Gasteiger partial charge >= 0.3 is 5.97 Å². The molecule has 2 aliphatic carbocycles. The maximum Gasteiger partial charge on any atom is 0.303 e. The zero-order chi connectivity index (χ0) is 41.5. The Hall–Kier alpha value is -5.79. The van der Waals surface area contributed by atoms with Gasteiger partial charge in [-0.15, -0.1) is 11.3 Å². The number of carboxylic acids is 1. The Kier molecular flexibility index (Phi) is 9.51. The van der Waals surface area contributed by atoms with Crippen LogP contribution < -0.4 is 9.64 Å². The van der Waals surface area contributed by atoms with Crippen LogP contribution in [0.5, 0.6) is 11.5 Å². The van der Waals surface area contributed by atoms with Crippen molar-refractivity contribution in [2.45, 2.75) is 52.1 Å². The summed E-state index contributed by atoms with van der Waals surface area (Å²) in [7, 11) is 1.69. The Morgan fingerprint density at radius 2 is 1.78 bits per heavy atom. The number of anilines is 1. The van der Waals surface area contributed by atoms with E-state index in [4.69, 9.17) is 21.4 Å². The third kappa shape index (κ3) is 6.16. The van der Waals surface area contributed by atoms with Gasteiger partial charge in [0.1, 0.15) is 29.6 Å². The summed E-state index contributed by atoms with van der Waals surface area (Å²) < 4.78 is 8.58. The number of thiophene rings is 1. The van der Waals surface area contributed by atoms with E-state index in [9.17, 15) is 29.4 Å². The molecule has 5 aromatic rings. The van der Waals surface area contributed by atoms with E-state index < -0.39 is 58.7 Å². The number of fused-ring (bicyclic) bond motifs is 5. The highest BCUT2D eigenvalue weighted by molar-refractivity contribution is 7.22. The molecule has 2 N–H and O–H groups in total. The topological polar surface area (TPSA) is 159 Å². The van der Waals surface area contributed by atoms with Crippen molar-refractivity contribution in [2.24, 2.45) is 36.1 Å². The summed E-state index contributed by atoms with van der Waals surface area (Å²) in [5, 5.41) is 27.5. The first kappa shape index (κ1) is 38.7. The Morgan fingerprint density at radius 1 is 1.00 bits per heavy atom. The van der Waals surface area contributed by atoms with Crippen LogP contribution in [0.3, 0.4) is 0 Å². The second-order valence-electron chi connectivity index (χ2n) is 16.2. The number of aromatic nitrogens is 2. The molecule has 0 radical (unpaired) electrons.